The molecule has 0 aliphatic carbocycles. The highest BCUT2D eigenvalue weighted by atomic mass is 32.3. The molecule has 0 unspecified atom stereocenters. The van der Waals surface area contributed by atoms with E-state index in [9.17, 15) is 18.0 Å². The fourth-order valence-corrected chi connectivity index (χ4v) is 5.85. The van der Waals surface area contributed by atoms with Gasteiger partial charge in [-0.25, -0.2) is 12.7 Å². The molecule has 1 aliphatic rings. The Bertz CT molecular complexity index is 712. The third-order valence-corrected chi connectivity index (χ3v) is 7.83. The molecule has 0 saturated carbocycles. The zero-order valence-electron chi connectivity index (χ0n) is 13.2. The molecule has 0 saturated heterocycles. The van der Waals surface area contributed by atoms with Crippen LogP contribution in [0.1, 0.15) is 13.3 Å². The number of amides is 2. The molecular formula is C13H19N3O4S3. The van der Waals surface area contributed by atoms with Gasteiger partial charge in [-0.1, -0.05) is 6.92 Å². The van der Waals surface area contributed by atoms with Crippen LogP contribution >= 0.6 is 23.1 Å². The number of carbonyl (C=O) groups is 2. The van der Waals surface area contributed by atoms with Crippen molar-refractivity contribution in [2.75, 3.05) is 37.8 Å². The van der Waals surface area contributed by atoms with Crippen molar-refractivity contribution in [1.82, 2.24) is 9.62 Å². The van der Waals surface area contributed by atoms with E-state index in [0.717, 1.165) is 26.3 Å². The largest absolute Gasteiger partial charge is 0.355 e. The molecule has 10 heteroatoms. The molecule has 1 aromatic rings. The number of anilines is 1. The standard InChI is InChI=1S/C13H19N3O4S3/c1-4-5-14-10(17)7-16-9-6-12(23(19,20)15(2)3)22-13(9)21-8-11(16)18/h6H,4-5,7-8H2,1-3H3,(H,14,17). The first kappa shape index (κ1) is 18.2. The molecule has 2 rings (SSSR count). The maximum atomic E-state index is 12.2. The molecule has 0 aromatic carbocycles. The van der Waals surface area contributed by atoms with E-state index in [1.165, 1.54) is 36.8 Å². The van der Waals surface area contributed by atoms with Gasteiger partial charge in [0.25, 0.3) is 10.0 Å². The molecule has 1 aromatic heterocycles. The number of nitrogens with one attached hydrogen (secondary N) is 1. The average molecular weight is 378 g/mol. The second kappa shape index (κ2) is 7.20. The maximum absolute atomic E-state index is 12.2. The predicted molar refractivity (Wildman–Crippen MR) is 91.6 cm³/mol. The van der Waals surface area contributed by atoms with Crippen LogP contribution in [0.25, 0.3) is 0 Å². The Hall–Kier alpha value is -1.10. The highest BCUT2D eigenvalue weighted by molar-refractivity contribution is 8.02. The molecule has 2 heterocycles. The van der Waals surface area contributed by atoms with Gasteiger partial charge in [0.05, 0.1) is 15.6 Å². The highest BCUT2D eigenvalue weighted by Gasteiger charge is 2.32. The summed E-state index contributed by atoms with van der Waals surface area (Å²) in [6, 6.07) is 1.48. The van der Waals surface area contributed by atoms with Crippen molar-refractivity contribution in [3.05, 3.63) is 6.07 Å². The number of hydrogen-bond donors (Lipinski definition) is 1. The highest BCUT2D eigenvalue weighted by Crippen LogP contribution is 2.43. The van der Waals surface area contributed by atoms with Crippen molar-refractivity contribution in [2.45, 2.75) is 21.8 Å². The third-order valence-electron chi connectivity index (χ3n) is 3.18. The number of sulfonamides is 1. The number of carbonyl (C=O) groups excluding carboxylic acids is 2. The summed E-state index contributed by atoms with van der Waals surface area (Å²) in [7, 11) is -0.633. The molecular weight excluding hydrogens is 358 g/mol. The van der Waals surface area contributed by atoms with Crippen LogP contribution in [-0.2, 0) is 19.6 Å². The molecule has 0 radical (unpaired) electrons. The van der Waals surface area contributed by atoms with E-state index in [4.69, 9.17) is 0 Å². The van der Waals surface area contributed by atoms with E-state index in [1.54, 1.807) is 0 Å². The van der Waals surface area contributed by atoms with Crippen LogP contribution in [0.3, 0.4) is 0 Å². The van der Waals surface area contributed by atoms with Crippen molar-refractivity contribution in [3.63, 3.8) is 0 Å². The molecule has 0 bridgehead atoms. The summed E-state index contributed by atoms with van der Waals surface area (Å²) in [5, 5.41) is 2.72. The van der Waals surface area contributed by atoms with Crippen LogP contribution in [0.2, 0.25) is 0 Å². The summed E-state index contributed by atoms with van der Waals surface area (Å²) < 4.78 is 26.5. The topological polar surface area (TPSA) is 86.8 Å². The van der Waals surface area contributed by atoms with E-state index in [2.05, 4.69) is 5.32 Å². The van der Waals surface area contributed by atoms with Gasteiger partial charge in [0.1, 0.15) is 10.8 Å². The van der Waals surface area contributed by atoms with E-state index >= 15 is 0 Å². The van der Waals surface area contributed by atoms with E-state index in [0.29, 0.717) is 12.2 Å². The minimum atomic E-state index is -3.55. The summed E-state index contributed by atoms with van der Waals surface area (Å²) in [4.78, 5) is 25.4. The van der Waals surface area contributed by atoms with Crippen LogP contribution in [0.4, 0.5) is 5.69 Å². The Balaban J connectivity index is 2.30. The van der Waals surface area contributed by atoms with Crippen LogP contribution in [0, 0.1) is 0 Å². The van der Waals surface area contributed by atoms with Crippen molar-refractivity contribution in [3.8, 4) is 0 Å². The summed E-state index contributed by atoms with van der Waals surface area (Å²) in [6.45, 7) is 2.40. The molecule has 0 fully saturated rings. The van der Waals surface area contributed by atoms with E-state index in [1.807, 2.05) is 6.92 Å². The van der Waals surface area contributed by atoms with E-state index < -0.39 is 10.0 Å². The van der Waals surface area contributed by atoms with Gasteiger partial charge >= 0.3 is 0 Å². The number of rotatable bonds is 6. The quantitative estimate of drug-likeness (QED) is 0.798. The molecule has 0 spiro atoms. The lowest BCUT2D eigenvalue weighted by atomic mass is 10.3. The van der Waals surface area contributed by atoms with Gasteiger partial charge in [0, 0.05) is 20.6 Å². The first-order chi connectivity index (χ1) is 10.8. The fraction of sp³-hybridized carbons (Fsp3) is 0.538. The predicted octanol–water partition coefficient (Wildman–Crippen LogP) is 0.963. The summed E-state index contributed by atoms with van der Waals surface area (Å²) in [6.07, 6.45) is 0.810. The van der Waals surface area contributed by atoms with Crippen molar-refractivity contribution >= 4 is 50.6 Å². The summed E-state index contributed by atoms with van der Waals surface area (Å²) in [5.41, 5.74) is 0.503. The number of nitrogens with zero attached hydrogens (tertiary/aromatic N) is 2. The maximum Gasteiger partial charge on any atom is 0.252 e. The lowest BCUT2D eigenvalue weighted by Gasteiger charge is -2.25. The van der Waals surface area contributed by atoms with Gasteiger partial charge < -0.3 is 10.2 Å². The van der Waals surface area contributed by atoms with Gasteiger partial charge in [-0.2, -0.15) is 0 Å². The van der Waals surface area contributed by atoms with Crippen LogP contribution in [0.5, 0.6) is 0 Å². The lowest BCUT2D eigenvalue weighted by Crippen LogP contribution is -2.43. The number of thioether (sulfide) groups is 1. The van der Waals surface area contributed by atoms with Gasteiger partial charge in [-0.3, -0.25) is 9.59 Å². The number of thiophene rings is 1. The molecule has 1 aliphatic heterocycles. The van der Waals surface area contributed by atoms with Crippen LogP contribution < -0.4 is 10.2 Å². The molecule has 2 amide bonds. The van der Waals surface area contributed by atoms with Gasteiger partial charge in [0.2, 0.25) is 11.8 Å². The zero-order valence-corrected chi connectivity index (χ0v) is 15.6. The van der Waals surface area contributed by atoms with Crippen LogP contribution in [-0.4, -0.2) is 57.5 Å². The van der Waals surface area contributed by atoms with Gasteiger partial charge in [-0.05, 0) is 12.5 Å². The Morgan fingerprint density at radius 3 is 2.74 bits per heavy atom. The second-order valence-corrected chi connectivity index (χ2v) is 9.82. The van der Waals surface area contributed by atoms with Crippen LogP contribution in [0.15, 0.2) is 14.5 Å². The Kier molecular flexibility index (Phi) is 5.71. The zero-order chi connectivity index (χ0) is 17.2. The van der Waals surface area contributed by atoms with Gasteiger partial charge in [0.15, 0.2) is 0 Å². The monoisotopic (exact) mass is 377 g/mol. The number of fused-ring (bicyclic) bond motifs is 1. The minimum absolute atomic E-state index is 0.0927. The first-order valence-corrected chi connectivity index (χ1v) is 10.3. The Morgan fingerprint density at radius 2 is 2.13 bits per heavy atom. The molecule has 7 nitrogen and oxygen atoms in total. The molecule has 23 heavy (non-hydrogen) atoms. The molecule has 128 valence electrons. The SMILES string of the molecule is CCCNC(=O)CN1C(=O)CSc2sc(S(=O)(=O)N(C)C)cc21. The molecule has 0 atom stereocenters. The van der Waals surface area contributed by atoms with Crippen molar-refractivity contribution < 1.29 is 18.0 Å². The van der Waals surface area contributed by atoms with Gasteiger partial charge in [-0.15, -0.1) is 23.1 Å². The molecule has 1 N–H and O–H groups in total. The second-order valence-electron chi connectivity index (χ2n) is 5.14. The fourth-order valence-electron chi connectivity index (χ4n) is 1.92. The summed E-state index contributed by atoms with van der Waals surface area (Å²) in [5.74, 6) is -0.238. The third kappa shape index (κ3) is 3.87. The van der Waals surface area contributed by atoms with E-state index in [-0.39, 0.29) is 28.3 Å². The lowest BCUT2D eigenvalue weighted by molar-refractivity contribution is -0.122. The Morgan fingerprint density at radius 1 is 1.43 bits per heavy atom. The van der Waals surface area contributed by atoms with Crippen molar-refractivity contribution in [1.29, 1.82) is 0 Å². The number of hydrogen-bond acceptors (Lipinski definition) is 6. The Labute approximate surface area is 144 Å². The summed E-state index contributed by atoms with van der Waals surface area (Å²) >= 11 is 2.44. The van der Waals surface area contributed by atoms with Crippen molar-refractivity contribution in [2.24, 2.45) is 0 Å². The smallest absolute Gasteiger partial charge is 0.252 e. The normalized spacial score (nSPS) is 15.0. The average Bonchev–Trinajstić information content (AvgIpc) is 2.93. The minimum Gasteiger partial charge on any atom is -0.355 e. The first-order valence-electron chi connectivity index (χ1n) is 7.03.